The van der Waals surface area contributed by atoms with Crippen LogP contribution >= 0.6 is 0 Å². The fourth-order valence-corrected chi connectivity index (χ4v) is 4.80. The molecule has 0 bridgehead atoms. The molecule has 0 N–H and O–H groups in total. The lowest BCUT2D eigenvalue weighted by Crippen LogP contribution is -2.19. The monoisotopic (exact) mass is 421 g/mol. The van der Waals surface area contributed by atoms with Crippen molar-refractivity contribution in [2.75, 3.05) is 4.90 Å². The Kier molecular flexibility index (Phi) is 4.60. The molecule has 2 heteroatoms. The molecule has 0 radical (unpaired) electrons. The minimum atomic E-state index is 0.111. The van der Waals surface area contributed by atoms with Crippen LogP contribution in [0.4, 0.5) is 17.1 Å². The zero-order chi connectivity index (χ0) is 22.8. The molecule has 0 atom stereocenters. The molecule has 1 aliphatic rings. The van der Waals surface area contributed by atoms with E-state index in [0.29, 0.717) is 0 Å². The highest BCUT2D eigenvalue weighted by Gasteiger charge is 2.30. The third-order valence-electron chi connectivity index (χ3n) is 6.49. The highest BCUT2D eigenvalue weighted by Crippen LogP contribution is 2.54. The molecule has 0 fully saturated rings. The molecule has 162 valence electrons. The molecule has 2 nitrogen and oxygen atoms in total. The van der Waals surface area contributed by atoms with Crippen LogP contribution in [0, 0.1) is 27.7 Å². The van der Waals surface area contributed by atoms with Crippen LogP contribution in [0.25, 0.3) is 10.8 Å². The van der Waals surface area contributed by atoms with Crippen molar-refractivity contribution < 1.29 is 4.74 Å². The van der Waals surface area contributed by atoms with Gasteiger partial charge in [0.1, 0.15) is 0 Å². The zero-order valence-corrected chi connectivity index (χ0v) is 20.1. The molecule has 4 aromatic carbocycles. The number of rotatable bonds is 1. The molecule has 0 unspecified atom stereocenters. The number of anilines is 3. The molecule has 0 aromatic heterocycles. The van der Waals surface area contributed by atoms with Crippen LogP contribution in [-0.4, -0.2) is 0 Å². The van der Waals surface area contributed by atoms with E-state index >= 15 is 0 Å². The van der Waals surface area contributed by atoms with Gasteiger partial charge in [0, 0.05) is 5.39 Å². The van der Waals surface area contributed by atoms with E-state index in [2.05, 4.69) is 114 Å². The van der Waals surface area contributed by atoms with Crippen LogP contribution in [0.3, 0.4) is 0 Å². The number of ether oxygens (including phenoxy) is 1. The Morgan fingerprint density at radius 2 is 1.34 bits per heavy atom. The summed E-state index contributed by atoms with van der Waals surface area (Å²) in [6.07, 6.45) is 0. The summed E-state index contributed by atoms with van der Waals surface area (Å²) in [7, 11) is 0. The van der Waals surface area contributed by atoms with Crippen LogP contribution in [0.15, 0.2) is 60.7 Å². The quantitative estimate of drug-likeness (QED) is 0.268. The Bertz CT molecular complexity index is 1350. The van der Waals surface area contributed by atoms with E-state index in [0.717, 1.165) is 28.3 Å². The summed E-state index contributed by atoms with van der Waals surface area (Å²) in [6, 6.07) is 22.1. The Morgan fingerprint density at radius 3 is 2.03 bits per heavy atom. The summed E-state index contributed by atoms with van der Waals surface area (Å²) in [4.78, 5) is 2.40. The topological polar surface area (TPSA) is 12.5 Å². The first-order chi connectivity index (χ1) is 15.1. The van der Waals surface area contributed by atoms with Crippen molar-refractivity contribution in [3.8, 4) is 11.5 Å². The molecule has 0 aliphatic carbocycles. The highest BCUT2D eigenvalue weighted by molar-refractivity contribution is 6.00. The lowest BCUT2D eigenvalue weighted by molar-refractivity contribution is 0.482. The van der Waals surface area contributed by atoms with Crippen LogP contribution in [-0.2, 0) is 5.41 Å². The first kappa shape index (κ1) is 20.6. The molecule has 4 aromatic rings. The molecule has 5 rings (SSSR count). The lowest BCUT2D eigenvalue weighted by Gasteiger charge is -2.36. The summed E-state index contributed by atoms with van der Waals surface area (Å²) in [6.45, 7) is 15.6. The maximum Gasteiger partial charge on any atom is 0.159 e. The molecule has 0 spiro atoms. The van der Waals surface area contributed by atoms with Crippen molar-refractivity contribution in [2.24, 2.45) is 0 Å². The summed E-state index contributed by atoms with van der Waals surface area (Å²) in [5, 5.41) is 2.35. The minimum absolute atomic E-state index is 0.111. The number of benzene rings is 4. The molecule has 0 amide bonds. The van der Waals surface area contributed by atoms with Crippen LogP contribution in [0.1, 0.15) is 48.6 Å². The van der Waals surface area contributed by atoms with Gasteiger partial charge in [0.15, 0.2) is 11.5 Å². The van der Waals surface area contributed by atoms with Gasteiger partial charge >= 0.3 is 0 Å². The zero-order valence-electron chi connectivity index (χ0n) is 20.1. The van der Waals surface area contributed by atoms with Gasteiger partial charge in [0.2, 0.25) is 0 Å². The smallest absolute Gasteiger partial charge is 0.159 e. The average Bonchev–Trinajstić information content (AvgIpc) is 2.72. The van der Waals surface area contributed by atoms with Crippen molar-refractivity contribution >= 4 is 27.8 Å². The SMILES string of the molecule is Cc1ccc2c(c1)N(c1c(C)cc(C(C)(C)C)cc1C)c1ccc3cc(C)ccc3c1O2. The standard InChI is InChI=1S/C30H31NO/c1-18-8-11-24-22(14-18)10-12-25-29(24)32-27-13-9-19(2)15-26(27)31(25)28-20(3)16-23(17-21(28)4)30(5,6)7/h8-17H,1-7H3. The van der Waals surface area contributed by atoms with Crippen molar-refractivity contribution in [2.45, 2.75) is 53.9 Å². The predicted molar refractivity (Wildman–Crippen MR) is 136 cm³/mol. The molecular formula is C30H31NO. The van der Waals surface area contributed by atoms with E-state index in [9.17, 15) is 0 Å². The maximum atomic E-state index is 6.55. The number of nitrogens with zero attached hydrogens (tertiary/aromatic N) is 1. The van der Waals surface area contributed by atoms with Crippen LogP contribution in [0.5, 0.6) is 11.5 Å². The number of hydrogen-bond donors (Lipinski definition) is 0. The third kappa shape index (κ3) is 3.26. The summed E-state index contributed by atoms with van der Waals surface area (Å²) in [5.74, 6) is 1.83. The first-order valence-corrected chi connectivity index (χ1v) is 11.4. The van der Waals surface area contributed by atoms with Gasteiger partial charge in [-0.25, -0.2) is 0 Å². The van der Waals surface area contributed by atoms with Crippen LogP contribution < -0.4 is 9.64 Å². The van der Waals surface area contributed by atoms with Gasteiger partial charge < -0.3 is 9.64 Å². The first-order valence-electron chi connectivity index (χ1n) is 11.4. The number of aryl methyl sites for hydroxylation is 4. The van der Waals surface area contributed by atoms with Gasteiger partial charge in [0.25, 0.3) is 0 Å². The number of hydrogen-bond acceptors (Lipinski definition) is 2. The predicted octanol–water partition coefficient (Wildman–Crippen LogP) is 8.95. The van der Waals surface area contributed by atoms with E-state index in [-0.39, 0.29) is 5.41 Å². The average molecular weight is 422 g/mol. The largest absolute Gasteiger partial charge is 0.452 e. The summed E-state index contributed by atoms with van der Waals surface area (Å²) in [5.41, 5.74) is 9.93. The van der Waals surface area contributed by atoms with E-state index in [1.54, 1.807) is 0 Å². The van der Waals surface area contributed by atoms with Crippen LogP contribution in [0.2, 0.25) is 0 Å². The molecule has 0 saturated carbocycles. The highest BCUT2D eigenvalue weighted by atomic mass is 16.5. The van der Waals surface area contributed by atoms with Crippen molar-refractivity contribution in [1.82, 2.24) is 0 Å². The molecule has 32 heavy (non-hydrogen) atoms. The fourth-order valence-electron chi connectivity index (χ4n) is 4.80. The van der Waals surface area contributed by atoms with Crippen molar-refractivity contribution in [3.63, 3.8) is 0 Å². The minimum Gasteiger partial charge on any atom is -0.452 e. The van der Waals surface area contributed by atoms with Gasteiger partial charge in [-0.1, -0.05) is 68.8 Å². The van der Waals surface area contributed by atoms with Crippen molar-refractivity contribution in [1.29, 1.82) is 0 Å². The molecule has 0 saturated heterocycles. The van der Waals surface area contributed by atoms with Gasteiger partial charge in [-0.2, -0.15) is 0 Å². The fraction of sp³-hybridized carbons (Fsp3) is 0.267. The Morgan fingerprint density at radius 1 is 0.688 bits per heavy atom. The molecule has 1 aliphatic heterocycles. The second kappa shape index (κ2) is 7.13. The number of fused-ring (bicyclic) bond motifs is 4. The summed E-state index contributed by atoms with van der Waals surface area (Å²) < 4.78 is 6.55. The van der Waals surface area contributed by atoms with E-state index in [1.165, 1.54) is 38.9 Å². The normalized spacial score (nSPS) is 13.0. The molecule has 1 heterocycles. The van der Waals surface area contributed by atoms with Gasteiger partial charge in [-0.05, 0) is 78.9 Å². The van der Waals surface area contributed by atoms with Gasteiger partial charge in [0.05, 0.1) is 17.1 Å². The van der Waals surface area contributed by atoms with Gasteiger partial charge in [-0.15, -0.1) is 0 Å². The van der Waals surface area contributed by atoms with E-state index in [4.69, 9.17) is 4.74 Å². The second-order valence-corrected chi connectivity index (χ2v) is 10.3. The second-order valence-electron chi connectivity index (χ2n) is 10.3. The van der Waals surface area contributed by atoms with Gasteiger partial charge in [-0.3, -0.25) is 0 Å². The Labute approximate surface area is 191 Å². The molecular weight excluding hydrogens is 390 g/mol. The van der Waals surface area contributed by atoms with E-state index < -0.39 is 0 Å². The summed E-state index contributed by atoms with van der Waals surface area (Å²) >= 11 is 0. The van der Waals surface area contributed by atoms with E-state index in [1.807, 2.05) is 0 Å². The Balaban J connectivity index is 1.82. The van der Waals surface area contributed by atoms with Crippen molar-refractivity contribution in [3.05, 3.63) is 88.5 Å². The Hall–Kier alpha value is -3.26. The maximum absolute atomic E-state index is 6.55. The lowest BCUT2D eigenvalue weighted by atomic mass is 9.84. The third-order valence-corrected chi connectivity index (χ3v) is 6.49.